The molecule has 1 saturated carbocycles. The van der Waals surface area contributed by atoms with Gasteiger partial charge in [-0.2, -0.15) is 0 Å². The number of benzene rings is 2. The SMILES string of the molecule is COc1cc(C=C2C(=O)OC3(CCCC3)OC2=O)cc(I)c1OCc1ccccc1. The molecule has 1 heterocycles. The summed E-state index contributed by atoms with van der Waals surface area (Å²) in [5.74, 6) is -1.26. The van der Waals surface area contributed by atoms with Gasteiger partial charge in [0, 0.05) is 12.8 Å². The number of carbonyl (C=O) groups is 2. The van der Waals surface area contributed by atoms with E-state index >= 15 is 0 Å². The Hall–Kier alpha value is -2.55. The van der Waals surface area contributed by atoms with Crippen LogP contribution in [0.15, 0.2) is 48.0 Å². The van der Waals surface area contributed by atoms with Crippen LogP contribution in [0.5, 0.6) is 11.5 Å². The molecule has 0 atom stereocenters. The van der Waals surface area contributed by atoms with Crippen LogP contribution in [0.1, 0.15) is 36.8 Å². The molecule has 1 spiro atoms. The van der Waals surface area contributed by atoms with Crippen molar-refractivity contribution < 1.29 is 28.5 Å². The van der Waals surface area contributed by atoms with E-state index in [1.807, 2.05) is 36.4 Å². The van der Waals surface area contributed by atoms with Crippen molar-refractivity contribution >= 4 is 40.6 Å². The normalized spacial score (nSPS) is 17.5. The van der Waals surface area contributed by atoms with Crippen molar-refractivity contribution in [3.63, 3.8) is 0 Å². The van der Waals surface area contributed by atoms with Crippen LogP contribution in [0.4, 0.5) is 0 Å². The maximum Gasteiger partial charge on any atom is 0.348 e. The monoisotopic (exact) mass is 520 g/mol. The highest BCUT2D eigenvalue weighted by molar-refractivity contribution is 14.1. The fraction of sp³-hybridized carbons (Fsp3) is 0.304. The molecule has 1 saturated heterocycles. The lowest BCUT2D eigenvalue weighted by molar-refractivity contribution is -0.232. The Kier molecular flexibility index (Phi) is 5.99. The van der Waals surface area contributed by atoms with Crippen LogP contribution >= 0.6 is 22.6 Å². The minimum atomic E-state index is -1.08. The molecule has 1 aliphatic carbocycles. The molecule has 0 radical (unpaired) electrons. The maximum atomic E-state index is 12.5. The second-order valence-electron chi connectivity index (χ2n) is 7.26. The van der Waals surface area contributed by atoms with E-state index in [4.69, 9.17) is 18.9 Å². The molecule has 1 aliphatic heterocycles. The zero-order chi connectivity index (χ0) is 21.1. The van der Waals surface area contributed by atoms with Gasteiger partial charge in [-0.3, -0.25) is 0 Å². The third-order valence-electron chi connectivity index (χ3n) is 5.15. The van der Waals surface area contributed by atoms with Crippen LogP contribution in [0.2, 0.25) is 0 Å². The molecule has 0 amide bonds. The molecule has 2 aromatic carbocycles. The highest BCUT2D eigenvalue weighted by Crippen LogP contribution is 2.39. The van der Waals surface area contributed by atoms with Gasteiger partial charge in [0.15, 0.2) is 11.5 Å². The van der Waals surface area contributed by atoms with Gasteiger partial charge in [0.05, 0.1) is 10.7 Å². The summed E-state index contributed by atoms with van der Waals surface area (Å²) in [5.41, 5.74) is 1.54. The second-order valence-corrected chi connectivity index (χ2v) is 8.43. The van der Waals surface area contributed by atoms with Gasteiger partial charge in [-0.15, -0.1) is 0 Å². The van der Waals surface area contributed by atoms with Crippen molar-refractivity contribution in [2.24, 2.45) is 0 Å². The number of hydrogen-bond donors (Lipinski definition) is 0. The first-order valence-corrected chi connectivity index (χ1v) is 10.8. The molecule has 4 rings (SSSR count). The van der Waals surface area contributed by atoms with Gasteiger partial charge in [-0.1, -0.05) is 30.3 Å². The lowest BCUT2D eigenvalue weighted by atomic mass is 10.1. The molecule has 0 N–H and O–H groups in total. The van der Waals surface area contributed by atoms with E-state index in [1.165, 1.54) is 6.08 Å². The van der Waals surface area contributed by atoms with E-state index in [1.54, 1.807) is 13.2 Å². The van der Waals surface area contributed by atoms with Gasteiger partial charge in [0.1, 0.15) is 12.2 Å². The number of carbonyl (C=O) groups excluding carboxylic acids is 2. The van der Waals surface area contributed by atoms with Crippen LogP contribution < -0.4 is 9.47 Å². The predicted molar refractivity (Wildman–Crippen MR) is 118 cm³/mol. The average molecular weight is 520 g/mol. The number of rotatable bonds is 5. The third kappa shape index (κ3) is 4.30. The first kappa shape index (κ1) is 20.7. The molecule has 6 nitrogen and oxygen atoms in total. The van der Waals surface area contributed by atoms with Crippen LogP contribution in [0.3, 0.4) is 0 Å². The Morgan fingerprint density at radius 1 is 1.07 bits per heavy atom. The van der Waals surface area contributed by atoms with Crippen molar-refractivity contribution in [3.8, 4) is 11.5 Å². The summed E-state index contributed by atoms with van der Waals surface area (Å²) in [4.78, 5) is 25.0. The standard InChI is InChI=1S/C23H21IO6/c1-27-19-13-16(12-18(24)20(19)28-14-15-7-3-2-4-8-15)11-17-21(25)29-23(30-22(17)26)9-5-6-10-23/h2-4,7-8,11-13H,5-6,9-10,14H2,1H3. The fourth-order valence-electron chi connectivity index (χ4n) is 3.65. The van der Waals surface area contributed by atoms with E-state index in [0.29, 0.717) is 36.5 Å². The van der Waals surface area contributed by atoms with Gasteiger partial charge in [0.25, 0.3) is 5.79 Å². The molecule has 156 valence electrons. The third-order valence-corrected chi connectivity index (χ3v) is 5.95. The van der Waals surface area contributed by atoms with Crippen molar-refractivity contribution in [2.75, 3.05) is 7.11 Å². The van der Waals surface area contributed by atoms with Crippen LogP contribution in [-0.2, 0) is 25.7 Å². The van der Waals surface area contributed by atoms with Gasteiger partial charge in [-0.05, 0) is 64.8 Å². The molecule has 2 aromatic rings. The summed E-state index contributed by atoms with van der Waals surface area (Å²) in [6.45, 7) is 0.397. The van der Waals surface area contributed by atoms with E-state index in [0.717, 1.165) is 22.0 Å². The Labute approximate surface area is 188 Å². The first-order valence-electron chi connectivity index (χ1n) is 9.72. The zero-order valence-corrected chi connectivity index (χ0v) is 18.6. The lowest BCUT2D eigenvalue weighted by Gasteiger charge is -2.32. The van der Waals surface area contributed by atoms with E-state index < -0.39 is 17.7 Å². The van der Waals surface area contributed by atoms with Crippen molar-refractivity contribution in [2.45, 2.75) is 38.1 Å². The second kappa shape index (κ2) is 8.67. The molecule has 30 heavy (non-hydrogen) atoms. The molecular formula is C23H21IO6. The summed E-state index contributed by atoms with van der Waals surface area (Å²) in [6.07, 6.45) is 4.32. The lowest BCUT2D eigenvalue weighted by Crippen LogP contribution is -2.44. The Bertz CT molecular complexity index is 970. The van der Waals surface area contributed by atoms with Gasteiger partial charge < -0.3 is 18.9 Å². The predicted octanol–water partition coefficient (Wildman–Crippen LogP) is 4.63. The van der Waals surface area contributed by atoms with Gasteiger partial charge >= 0.3 is 11.9 Å². The minimum Gasteiger partial charge on any atom is -0.493 e. The molecule has 0 bridgehead atoms. The Balaban J connectivity index is 1.57. The Morgan fingerprint density at radius 2 is 1.73 bits per heavy atom. The molecule has 0 aromatic heterocycles. The van der Waals surface area contributed by atoms with Crippen LogP contribution in [0.25, 0.3) is 6.08 Å². The van der Waals surface area contributed by atoms with Crippen molar-refractivity contribution in [1.29, 1.82) is 0 Å². The number of hydrogen-bond acceptors (Lipinski definition) is 6. The maximum absolute atomic E-state index is 12.5. The summed E-state index contributed by atoms with van der Waals surface area (Å²) < 4.78 is 23.2. The minimum absolute atomic E-state index is 0.122. The molecule has 2 fully saturated rings. The average Bonchev–Trinajstić information content (AvgIpc) is 3.17. The van der Waals surface area contributed by atoms with Gasteiger partial charge in [-0.25, -0.2) is 9.59 Å². The number of esters is 2. The molecule has 7 heteroatoms. The van der Waals surface area contributed by atoms with Crippen LogP contribution in [0, 0.1) is 3.57 Å². The summed E-state index contributed by atoms with van der Waals surface area (Å²) in [6, 6.07) is 13.4. The largest absolute Gasteiger partial charge is 0.493 e. The number of methoxy groups -OCH3 is 1. The molecular weight excluding hydrogens is 499 g/mol. The smallest absolute Gasteiger partial charge is 0.348 e. The van der Waals surface area contributed by atoms with E-state index in [-0.39, 0.29) is 5.57 Å². The van der Waals surface area contributed by atoms with E-state index in [2.05, 4.69) is 22.6 Å². The highest BCUT2D eigenvalue weighted by Gasteiger charge is 2.47. The van der Waals surface area contributed by atoms with Crippen LogP contribution in [-0.4, -0.2) is 24.8 Å². The topological polar surface area (TPSA) is 71.1 Å². The van der Waals surface area contributed by atoms with Crippen molar-refractivity contribution in [1.82, 2.24) is 0 Å². The molecule has 0 unspecified atom stereocenters. The number of halogens is 1. The van der Waals surface area contributed by atoms with E-state index in [9.17, 15) is 9.59 Å². The van der Waals surface area contributed by atoms with Gasteiger partial charge in [0.2, 0.25) is 0 Å². The fourth-order valence-corrected chi connectivity index (χ4v) is 4.43. The Morgan fingerprint density at radius 3 is 2.37 bits per heavy atom. The summed E-state index contributed by atoms with van der Waals surface area (Å²) >= 11 is 2.14. The highest BCUT2D eigenvalue weighted by atomic mass is 127. The first-order chi connectivity index (χ1) is 14.5. The summed E-state index contributed by atoms with van der Waals surface area (Å²) in [5, 5.41) is 0. The number of ether oxygens (including phenoxy) is 4. The zero-order valence-electron chi connectivity index (χ0n) is 16.5. The summed E-state index contributed by atoms with van der Waals surface area (Å²) in [7, 11) is 1.55. The quantitative estimate of drug-likeness (QED) is 0.248. The van der Waals surface area contributed by atoms with Crippen molar-refractivity contribution in [3.05, 3.63) is 62.7 Å². The molecule has 2 aliphatic rings.